The van der Waals surface area contributed by atoms with E-state index in [0.717, 1.165) is 30.0 Å². The van der Waals surface area contributed by atoms with E-state index in [9.17, 15) is 9.59 Å². The van der Waals surface area contributed by atoms with Crippen molar-refractivity contribution >= 4 is 23.4 Å². The van der Waals surface area contributed by atoms with Gasteiger partial charge in [-0.1, -0.05) is 23.7 Å². The number of aryl methyl sites for hydroxylation is 1. The van der Waals surface area contributed by atoms with E-state index in [4.69, 9.17) is 11.6 Å². The number of nitrogens with zero attached hydrogens (tertiary/aromatic N) is 3. The van der Waals surface area contributed by atoms with Crippen LogP contribution < -0.4 is 0 Å². The van der Waals surface area contributed by atoms with Crippen molar-refractivity contribution in [3.8, 4) is 11.3 Å². The summed E-state index contributed by atoms with van der Waals surface area (Å²) in [4.78, 5) is 32.8. The molecule has 5 nitrogen and oxygen atoms in total. The van der Waals surface area contributed by atoms with E-state index in [1.807, 2.05) is 55.1 Å². The third-order valence-corrected chi connectivity index (χ3v) is 5.38. The van der Waals surface area contributed by atoms with Gasteiger partial charge in [0, 0.05) is 50.1 Å². The first-order valence-electron chi connectivity index (χ1n) is 9.16. The van der Waals surface area contributed by atoms with Gasteiger partial charge >= 0.3 is 0 Å². The lowest BCUT2D eigenvalue weighted by molar-refractivity contribution is -0.127. The van der Waals surface area contributed by atoms with Crippen LogP contribution >= 0.6 is 11.6 Å². The SMILES string of the molecule is CCN1C[C@@H](CN(C)C(=O)c2cccc(-c3ccc(Cl)c(C)n3)c2)CC1=O. The maximum absolute atomic E-state index is 12.9. The standard InChI is InChI=1S/C21H24ClN3O2/c1-4-25-13-15(10-20(25)26)12-24(3)21(27)17-7-5-6-16(11-17)19-9-8-18(22)14(2)23-19/h5-9,11,15H,4,10,12-13H2,1-3H3/t15-/m1/s1. The van der Waals surface area contributed by atoms with E-state index in [1.165, 1.54) is 0 Å². The molecule has 2 aromatic rings. The Morgan fingerprint density at radius 2 is 2.11 bits per heavy atom. The quantitative estimate of drug-likeness (QED) is 0.789. The average Bonchev–Trinajstić information content (AvgIpc) is 3.02. The molecule has 27 heavy (non-hydrogen) atoms. The van der Waals surface area contributed by atoms with Gasteiger partial charge in [0.05, 0.1) is 16.4 Å². The van der Waals surface area contributed by atoms with E-state index in [-0.39, 0.29) is 17.7 Å². The largest absolute Gasteiger partial charge is 0.343 e. The number of halogens is 1. The lowest BCUT2D eigenvalue weighted by Crippen LogP contribution is -2.33. The molecular formula is C21H24ClN3O2. The summed E-state index contributed by atoms with van der Waals surface area (Å²) in [5.74, 6) is 0.314. The van der Waals surface area contributed by atoms with Crippen molar-refractivity contribution in [1.29, 1.82) is 0 Å². The van der Waals surface area contributed by atoms with Gasteiger partial charge in [-0.3, -0.25) is 14.6 Å². The highest BCUT2D eigenvalue weighted by Crippen LogP contribution is 2.23. The van der Waals surface area contributed by atoms with Crippen LogP contribution in [0.15, 0.2) is 36.4 Å². The van der Waals surface area contributed by atoms with Gasteiger partial charge in [0.1, 0.15) is 0 Å². The molecule has 0 aliphatic carbocycles. The molecule has 0 spiro atoms. The Kier molecular flexibility index (Phi) is 5.80. The van der Waals surface area contributed by atoms with Crippen molar-refractivity contribution in [2.24, 2.45) is 5.92 Å². The molecule has 1 aliphatic rings. The Morgan fingerprint density at radius 3 is 2.78 bits per heavy atom. The fourth-order valence-electron chi connectivity index (χ4n) is 3.49. The maximum Gasteiger partial charge on any atom is 0.253 e. The van der Waals surface area contributed by atoms with Crippen LogP contribution in [0.1, 0.15) is 29.4 Å². The van der Waals surface area contributed by atoms with Gasteiger partial charge in [0.25, 0.3) is 5.91 Å². The molecule has 1 saturated heterocycles. The Morgan fingerprint density at radius 1 is 1.33 bits per heavy atom. The summed E-state index contributed by atoms with van der Waals surface area (Å²) in [7, 11) is 1.79. The molecule has 0 bridgehead atoms. The monoisotopic (exact) mass is 385 g/mol. The van der Waals surface area contributed by atoms with E-state index in [0.29, 0.717) is 23.6 Å². The number of aromatic nitrogens is 1. The number of hydrogen-bond acceptors (Lipinski definition) is 3. The van der Waals surface area contributed by atoms with Crippen LogP contribution in [-0.4, -0.2) is 53.3 Å². The third kappa shape index (κ3) is 4.30. The Labute approximate surface area is 164 Å². The van der Waals surface area contributed by atoms with Crippen LogP contribution in [-0.2, 0) is 4.79 Å². The second-order valence-corrected chi connectivity index (χ2v) is 7.44. The minimum atomic E-state index is -0.0510. The summed E-state index contributed by atoms with van der Waals surface area (Å²) in [6, 6.07) is 11.1. The number of carbonyl (C=O) groups excluding carboxylic acids is 2. The number of hydrogen-bond donors (Lipinski definition) is 0. The second kappa shape index (κ2) is 8.09. The summed E-state index contributed by atoms with van der Waals surface area (Å²) in [5, 5.41) is 0.623. The van der Waals surface area contributed by atoms with Gasteiger partial charge in [-0.2, -0.15) is 0 Å². The topological polar surface area (TPSA) is 53.5 Å². The first-order valence-corrected chi connectivity index (χ1v) is 9.53. The molecule has 0 N–H and O–H groups in total. The highest BCUT2D eigenvalue weighted by Gasteiger charge is 2.30. The fraction of sp³-hybridized carbons (Fsp3) is 0.381. The molecule has 0 unspecified atom stereocenters. The number of pyridine rings is 1. The minimum Gasteiger partial charge on any atom is -0.343 e. The van der Waals surface area contributed by atoms with E-state index < -0.39 is 0 Å². The summed E-state index contributed by atoms with van der Waals surface area (Å²) in [6.45, 7) is 5.86. The van der Waals surface area contributed by atoms with Crippen molar-refractivity contribution in [3.05, 3.63) is 52.7 Å². The molecule has 142 valence electrons. The van der Waals surface area contributed by atoms with E-state index >= 15 is 0 Å². The van der Waals surface area contributed by atoms with Crippen LogP contribution in [0.5, 0.6) is 0 Å². The predicted molar refractivity (Wildman–Crippen MR) is 107 cm³/mol. The van der Waals surface area contributed by atoms with Crippen molar-refractivity contribution in [3.63, 3.8) is 0 Å². The maximum atomic E-state index is 12.9. The molecule has 2 heterocycles. The molecule has 1 aromatic carbocycles. The number of rotatable bonds is 5. The molecule has 3 rings (SSSR count). The molecule has 1 aromatic heterocycles. The predicted octanol–water partition coefficient (Wildman–Crippen LogP) is 3.65. The summed E-state index contributed by atoms with van der Waals surface area (Å²) >= 11 is 6.05. The number of amides is 2. The molecule has 1 atom stereocenters. The number of benzene rings is 1. The zero-order chi connectivity index (χ0) is 19.6. The van der Waals surface area contributed by atoms with Crippen LogP contribution in [0.3, 0.4) is 0 Å². The highest BCUT2D eigenvalue weighted by atomic mass is 35.5. The van der Waals surface area contributed by atoms with Crippen LogP contribution in [0.4, 0.5) is 0 Å². The number of likely N-dealkylation sites (tertiary alicyclic amines) is 1. The second-order valence-electron chi connectivity index (χ2n) is 7.03. The summed E-state index contributed by atoms with van der Waals surface area (Å²) in [5.41, 5.74) is 3.03. The van der Waals surface area contributed by atoms with E-state index in [1.54, 1.807) is 11.9 Å². The van der Waals surface area contributed by atoms with Gasteiger partial charge in [-0.15, -0.1) is 0 Å². The molecule has 0 radical (unpaired) electrons. The van der Waals surface area contributed by atoms with Gasteiger partial charge in [0.15, 0.2) is 0 Å². The zero-order valence-corrected chi connectivity index (χ0v) is 16.7. The Bertz CT molecular complexity index is 868. The summed E-state index contributed by atoms with van der Waals surface area (Å²) < 4.78 is 0. The molecule has 1 fully saturated rings. The molecule has 2 amide bonds. The summed E-state index contributed by atoms with van der Waals surface area (Å²) in [6.07, 6.45) is 0.513. The Balaban J connectivity index is 1.73. The minimum absolute atomic E-state index is 0.0510. The molecule has 0 saturated carbocycles. The van der Waals surface area contributed by atoms with Crippen molar-refractivity contribution < 1.29 is 9.59 Å². The fourth-order valence-corrected chi connectivity index (χ4v) is 3.59. The van der Waals surface area contributed by atoms with Gasteiger partial charge in [-0.25, -0.2) is 0 Å². The van der Waals surface area contributed by atoms with Crippen LogP contribution in [0, 0.1) is 12.8 Å². The number of carbonyl (C=O) groups is 2. The molecular weight excluding hydrogens is 362 g/mol. The van der Waals surface area contributed by atoms with Crippen LogP contribution in [0.2, 0.25) is 5.02 Å². The lowest BCUT2D eigenvalue weighted by atomic mass is 10.0. The normalized spacial score (nSPS) is 16.7. The lowest BCUT2D eigenvalue weighted by Gasteiger charge is -2.21. The van der Waals surface area contributed by atoms with Gasteiger partial charge in [-0.05, 0) is 38.1 Å². The Hall–Kier alpha value is -2.40. The average molecular weight is 386 g/mol. The van der Waals surface area contributed by atoms with Crippen LogP contribution in [0.25, 0.3) is 11.3 Å². The first-order chi connectivity index (χ1) is 12.9. The zero-order valence-electron chi connectivity index (χ0n) is 15.9. The molecule has 6 heteroatoms. The smallest absolute Gasteiger partial charge is 0.253 e. The first kappa shape index (κ1) is 19.4. The van der Waals surface area contributed by atoms with Crippen molar-refractivity contribution in [2.75, 3.05) is 26.7 Å². The van der Waals surface area contributed by atoms with Crippen molar-refractivity contribution in [2.45, 2.75) is 20.3 Å². The van der Waals surface area contributed by atoms with Gasteiger partial charge in [0.2, 0.25) is 5.91 Å². The van der Waals surface area contributed by atoms with E-state index in [2.05, 4.69) is 4.98 Å². The van der Waals surface area contributed by atoms with Gasteiger partial charge < -0.3 is 9.80 Å². The third-order valence-electron chi connectivity index (χ3n) is 4.98. The van der Waals surface area contributed by atoms with Crippen molar-refractivity contribution in [1.82, 2.24) is 14.8 Å². The highest BCUT2D eigenvalue weighted by molar-refractivity contribution is 6.31. The molecule has 1 aliphatic heterocycles.